The van der Waals surface area contributed by atoms with Gasteiger partial charge in [-0.1, -0.05) is 107 Å². The average molecular weight is 606 g/mol. The fourth-order valence-corrected chi connectivity index (χ4v) is 6.62. The molecule has 1 saturated carbocycles. The molecule has 10 heteroatoms. The molecule has 5 rings (SSSR count). The molecule has 2 aromatic rings. The Balaban J connectivity index is 1.55. The van der Waals surface area contributed by atoms with Crippen molar-refractivity contribution in [2.24, 2.45) is 0 Å². The van der Waals surface area contributed by atoms with Crippen LogP contribution >= 0.6 is 0 Å². The Labute approximate surface area is 247 Å². The molecule has 0 radical (unpaired) electrons. The van der Waals surface area contributed by atoms with E-state index in [4.69, 9.17) is 0 Å². The summed E-state index contributed by atoms with van der Waals surface area (Å²) in [6.45, 7) is 2.22. The molecule has 0 bridgehead atoms. The summed E-state index contributed by atoms with van der Waals surface area (Å²) in [6.07, 6.45) is 12.7. The van der Waals surface area contributed by atoms with Crippen LogP contribution < -0.4 is 5.56 Å². The molecular formula is C33H37F6N3O. The second-order valence-electron chi connectivity index (χ2n) is 11.6. The van der Waals surface area contributed by atoms with Gasteiger partial charge in [0.1, 0.15) is 0 Å². The van der Waals surface area contributed by atoms with E-state index in [0.717, 1.165) is 63.3 Å². The highest BCUT2D eigenvalue weighted by Gasteiger charge is 2.91. The SMILES string of the molecule is CCCCCCCCCCN1C=CC=CC1C1(F)C(F)(n2cc(-c3ccccc3)c(=O)[nH]2)C2=CC=CC(F)C2(F)C1(F)F. The zero-order valence-electron chi connectivity index (χ0n) is 24.1. The van der Waals surface area contributed by atoms with Crippen molar-refractivity contribution in [2.45, 2.75) is 93.6 Å². The topological polar surface area (TPSA) is 41.0 Å². The molecule has 2 heterocycles. The number of alkyl halides is 6. The van der Waals surface area contributed by atoms with Gasteiger partial charge in [0.25, 0.3) is 17.0 Å². The van der Waals surface area contributed by atoms with Gasteiger partial charge in [-0.15, -0.1) is 0 Å². The predicted molar refractivity (Wildman–Crippen MR) is 156 cm³/mol. The third-order valence-electron chi connectivity index (χ3n) is 8.93. The van der Waals surface area contributed by atoms with Crippen LogP contribution in [0.25, 0.3) is 11.1 Å². The van der Waals surface area contributed by atoms with E-state index in [-0.39, 0.29) is 16.8 Å². The van der Waals surface area contributed by atoms with Gasteiger partial charge in [-0.25, -0.2) is 22.2 Å². The van der Waals surface area contributed by atoms with Crippen molar-refractivity contribution in [1.82, 2.24) is 14.7 Å². The molecule has 1 aromatic carbocycles. The van der Waals surface area contributed by atoms with Gasteiger partial charge in [-0.2, -0.15) is 8.78 Å². The molecule has 0 saturated heterocycles. The number of benzene rings is 1. The van der Waals surface area contributed by atoms with Crippen molar-refractivity contribution in [3.05, 3.63) is 95.1 Å². The van der Waals surface area contributed by atoms with E-state index in [0.29, 0.717) is 24.1 Å². The lowest BCUT2D eigenvalue weighted by molar-refractivity contribution is -0.242. The van der Waals surface area contributed by atoms with Crippen LogP contribution in [-0.4, -0.2) is 50.7 Å². The average Bonchev–Trinajstić information content (AvgIpc) is 3.45. The minimum absolute atomic E-state index is 0.0887. The third-order valence-corrected chi connectivity index (χ3v) is 8.93. The van der Waals surface area contributed by atoms with Gasteiger partial charge in [0.15, 0.2) is 6.17 Å². The van der Waals surface area contributed by atoms with Gasteiger partial charge < -0.3 is 4.90 Å². The fraction of sp³-hybridized carbons (Fsp3) is 0.485. The van der Waals surface area contributed by atoms with E-state index in [2.05, 4.69) is 12.0 Å². The van der Waals surface area contributed by atoms with Gasteiger partial charge in [0, 0.05) is 18.3 Å². The highest BCUT2D eigenvalue weighted by atomic mass is 19.3. The second-order valence-corrected chi connectivity index (χ2v) is 11.6. The van der Waals surface area contributed by atoms with Crippen molar-refractivity contribution in [2.75, 3.05) is 6.54 Å². The van der Waals surface area contributed by atoms with E-state index >= 15 is 26.3 Å². The Bertz CT molecular complexity index is 1460. The van der Waals surface area contributed by atoms with E-state index in [1.165, 1.54) is 35.4 Å². The van der Waals surface area contributed by atoms with Crippen molar-refractivity contribution in [1.29, 1.82) is 0 Å². The molecule has 0 spiro atoms. The second kappa shape index (κ2) is 11.9. The summed E-state index contributed by atoms with van der Waals surface area (Å²) in [5, 5.41) is 2.12. The minimum Gasteiger partial charge on any atom is -0.367 e. The monoisotopic (exact) mass is 605 g/mol. The van der Waals surface area contributed by atoms with Crippen molar-refractivity contribution in [3.8, 4) is 11.1 Å². The molecule has 232 valence electrons. The number of rotatable bonds is 12. The molecule has 1 aromatic heterocycles. The molecule has 5 atom stereocenters. The number of halogens is 6. The third kappa shape index (κ3) is 4.72. The van der Waals surface area contributed by atoms with E-state index < -0.39 is 46.4 Å². The van der Waals surface area contributed by atoms with E-state index in [9.17, 15) is 4.79 Å². The highest BCUT2D eigenvalue weighted by Crippen LogP contribution is 2.69. The van der Waals surface area contributed by atoms with Crippen molar-refractivity contribution < 1.29 is 26.3 Å². The maximum atomic E-state index is 17.7. The van der Waals surface area contributed by atoms with Gasteiger partial charge in [0.2, 0.25) is 5.67 Å². The minimum atomic E-state index is -5.20. The lowest BCUT2D eigenvalue weighted by atomic mass is 9.82. The normalized spacial score (nSPS) is 31.0. The smallest absolute Gasteiger partial charge is 0.329 e. The summed E-state index contributed by atoms with van der Waals surface area (Å²) >= 11 is 0. The van der Waals surface area contributed by atoms with Crippen LogP contribution in [0, 0.1) is 0 Å². The van der Waals surface area contributed by atoms with Crippen LogP contribution in [0.5, 0.6) is 0 Å². The number of hydrogen-bond donors (Lipinski definition) is 1. The summed E-state index contributed by atoms with van der Waals surface area (Å²) in [5.74, 6) is -9.21. The molecule has 3 aliphatic rings. The van der Waals surface area contributed by atoms with Gasteiger partial charge >= 0.3 is 5.92 Å². The standard InChI is InChI=1S/C33H37F6N3O/c1-2-3-4-5-6-7-8-13-21-41-22-14-12-20-28(41)31(36)32(37,26-18-15-19-27(34)30(26,35)33(31,38)39)42-23-25(29(43)40-42)24-16-10-9-11-17-24/h9-12,14-20,22-23,27-28H,2-8,13,21H2,1H3,(H,40,43). The maximum absolute atomic E-state index is 17.7. The fourth-order valence-electron chi connectivity index (χ4n) is 6.62. The summed E-state index contributed by atoms with van der Waals surface area (Å²) in [4.78, 5) is 14.2. The van der Waals surface area contributed by atoms with Crippen LogP contribution in [0.15, 0.2) is 89.6 Å². The molecular weight excluding hydrogens is 568 g/mol. The molecule has 2 aliphatic carbocycles. The zero-order chi connectivity index (χ0) is 30.9. The molecule has 1 aliphatic heterocycles. The van der Waals surface area contributed by atoms with E-state index in [1.807, 2.05) is 0 Å². The van der Waals surface area contributed by atoms with Crippen molar-refractivity contribution >= 4 is 0 Å². The Morgan fingerprint density at radius 1 is 0.860 bits per heavy atom. The van der Waals surface area contributed by atoms with Crippen LogP contribution in [0.1, 0.15) is 58.3 Å². The number of unbranched alkanes of at least 4 members (excludes halogenated alkanes) is 7. The predicted octanol–water partition coefficient (Wildman–Crippen LogP) is 8.26. The molecule has 4 nitrogen and oxygen atoms in total. The first-order valence-electron chi connectivity index (χ1n) is 15.0. The summed E-state index contributed by atoms with van der Waals surface area (Å²) in [7, 11) is 0. The summed E-state index contributed by atoms with van der Waals surface area (Å²) < 4.78 is 100. The number of nitrogens with one attached hydrogen (secondary N) is 1. The van der Waals surface area contributed by atoms with Crippen LogP contribution in [0.3, 0.4) is 0 Å². The number of H-pyrrole nitrogens is 1. The Kier molecular flexibility index (Phi) is 8.60. The Hall–Kier alpha value is -3.43. The lowest BCUT2D eigenvalue weighted by Crippen LogP contribution is -2.67. The first-order chi connectivity index (χ1) is 20.5. The van der Waals surface area contributed by atoms with Crippen LogP contribution in [-0.2, 0) is 5.79 Å². The Morgan fingerprint density at radius 3 is 2.23 bits per heavy atom. The number of aromatic nitrogens is 2. The molecule has 43 heavy (non-hydrogen) atoms. The molecule has 1 N–H and O–H groups in total. The molecule has 1 fully saturated rings. The summed E-state index contributed by atoms with van der Waals surface area (Å²) in [6, 6.07) is 5.93. The van der Waals surface area contributed by atoms with Crippen LogP contribution in [0.2, 0.25) is 0 Å². The van der Waals surface area contributed by atoms with Gasteiger partial charge in [-0.05, 0) is 30.3 Å². The van der Waals surface area contributed by atoms with Crippen molar-refractivity contribution in [3.63, 3.8) is 0 Å². The zero-order valence-corrected chi connectivity index (χ0v) is 24.1. The molecule has 0 amide bonds. The first kappa shape index (κ1) is 31.0. The highest BCUT2D eigenvalue weighted by molar-refractivity contribution is 5.62. The quantitative estimate of drug-likeness (QED) is 0.196. The first-order valence-corrected chi connectivity index (χ1v) is 15.0. The number of fused-ring (bicyclic) bond motifs is 1. The maximum Gasteiger partial charge on any atom is 0.329 e. The summed E-state index contributed by atoms with van der Waals surface area (Å²) in [5.41, 5.74) is -10.9. The van der Waals surface area contributed by atoms with Gasteiger partial charge in [-0.3, -0.25) is 9.89 Å². The van der Waals surface area contributed by atoms with E-state index in [1.54, 1.807) is 18.2 Å². The number of nitrogens with zero attached hydrogens (tertiary/aromatic N) is 2. The Morgan fingerprint density at radius 2 is 1.53 bits per heavy atom. The number of aromatic amines is 1. The lowest BCUT2D eigenvalue weighted by Gasteiger charge is -2.46. The largest absolute Gasteiger partial charge is 0.367 e. The molecule has 5 unspecified atom stereocenters. The number of hydrogen-bond acceptors (Lipinski definition) is 2. The number of allylic oxidation sites excluding steroid dienone is 6. The van der Waals surface area contributed by atoms with Gasteiger partial charge in [0.05, 0.1) is 11.6 Å². The van der Waals surface area contributed by atoms with Crippen LogP contribution in [0.4, 0.5) is 26.3 Å².